The lowest BCUT2D eigenvalue weighted by atomic mass is 10.0. The van der Waals surface area contributed by atoms with Crippen LogP contribution in [0.4, 0.5) is 16.2 Å². The molecule has 0 spiro atoms. The van der Waals surface area contributed by atoms with Gasteiger partial charge in [0.1, 0.15) is 5.75 Å². The van der Waals surface area contributed by atoms with Crippen molar-refractivity contribution in [1.82, 2.24) is 4.90 Å². The summed E-state index contributed by atoms with van der Waals surface area (Å²) in [7, 11) is 0. The lowest BCUT2D eigenvalue weighted by molar-refractivity contribution is 0.219. The van der Waals surface area contributed by atoms with Gasteiger partial charge in [-0.1, -0.05) is 48.5 Å². The van der Waals surface area contributed by atoms with Crippen LogP contribution < -0.4 is 20.7 Å². The maximum atomic E-state index is 12.9. The second-order valence-corrected chi connectivity index (χ2v) is 9.12. The third-order valence-corrected chi connectivity index (χ3v) is 6.14. The van der Waals surface area contributed by atoms with Crippen molar-refractivity contribution in [3.63, 3.8) is 0 Å². The number of hydrogen-bond donors (Lipinski definition) is 2. The minimum Gasteiger partial charge on any atom is -0.494 e. The molecule has 0 aliphatic carbocycles. The van der Waals surface area contributed by atoms with Gasteiger partial charge in [0.15, 0.2) is 5.11 Å². The number of carbonyl (C=O) groups is 1. The number of carbonyl (C=O) groups excluding carboxylic acids is 1. The van der Waals surface area contributed by atoms with Gasteiger partial charge in [-0.3, -0.25) is 4.90 Å². The van der Waals surface area contributed by atoms with Crippen molar-refractivity contribution < 1.29 is 9.53 Å². The number of hydrogen-bond acceptors (Lipinski definition) is 3. The van der Waals surface area contributed by atoms with Crippen LogP contribution in [0.5, 0.6) is 5.75 Å². The van der Waals surface area contributed by atoms with Crippen LogP contribution >= 0.6 is 12.2 Å². The quantitative estimate of drug-likeness (QED) is 0.278. The van der Waals surface area contributed by atoms with Crippen molar-refractivity contribution in [1.29, 1.82) is 0 Å². The molecule has 1 saturated heterocycles. The maximum Gasteiger partial charge on any atom is 0.324 e. The Bertz CT molecular complexity index is 1120. The van der Waals surface area contributed by atoms with Crippen LogP contribution in [0.15, 0.2) is 78.9 Å². The standard InChI is InChI=1S/C28H32N4O2S/c29-27(35)30-24-10-7-11-26(21-24)34-19-6-2-5-16-31-17-18-32(28(31)33)25-14-12-23(13-15-25)20-22-8-3-1-4-9-22/h1,3-4,7-15,21H,2,5-6,16-20H2,(H3,29,30,35). The Morgan fingerprint density at radius 2 is 1.69 bits per heavy atom. The second-order valence-electron chi connectivity index (χ2n) is 8.68. The predicted octanol–water partition coefficient (Wildman–Crippen LogP) is 5.42. The fourth-order valence-electron chi connectivity index (χ4n) is 4.23. The van der Waals surface area contributed by atoms with Gasteiger partial charge in [0, 0.05) is 37.1 Å². The number of benzene rings is 3. The molecule has 0 radical (unpaired) electrons. The van der Waals surface area contributed by atoms with Crippen LogP contribution in [0.2, 0.25) is 0 Å². The average Bonchev–Trinajstić information content (AvgIpc) is 3.22. The van der Waals surface area contributed by atoms with Crippen LogP contribution in [0, 0.1) is 0 Å². The molecule has 182 valence electrons. The van der Waals surface area contributed by atoms with E-state index >= 15 is 0 Å². The van der Waals surface area contributed by atoms with Gasteiger partial charge in [-0.15, -0.1) is 0 Å². The van der Waals surface area contributed by atoms with Crippen LogP contribution in [-0.4, -0.2) is 42.3 Å². The van der Waals surface area contributed by atoms with Gasteiger partial charge in [-0.25, -0.2) is 4.79 Å². The van der Waals surface area contributed by atoms with E-state index in [1.807, 2.05) is 40.1 Å². The molecule has 4 rings (SSSR count). The molecule has 6 nitrogen and oxygen atoms in total. The first-order valence-electron chi connectivity index (χ1n) is 12.1. The number of nitrogens with one attached hydrogen (secondary N) is 1. The van der Waals surface area contributed by atoms with Crippen molar-refractivity contribution in [2.75, 3.05) is 36.5 Å². The van der Waals surface area contributed by atoms with Gasteiger partial charge in [-0.05, 0) is 73.3 Å². The molecule has 3 aromatic rings. The van der Waals surface area contributed by atoms with Gasteiger partial charge in [0.2, 0.25) is 0 Å². The van der Waals surface area contributed by atoms with Crippen LogP contribution in [-0.2, 0) is 6.42 Å². The highest BCUT2D eigenvalue weighted by Crippen LogP contribution is 2.22. The van der Waals surface area contributed by atoms with E-state index in [2.05, 4.69) is 53.8 Å². The third-order valence-electron chi connectivity index (χ3n) is 6.04. The Morgan fingerprint density at radius 3 is 2.46 bits per heavy atom. The molecule has 3 N–H and O–H groups in total. The Kier molecular flexibility index (Phi) is 8.57. The zero-order valence-electron chi connectivity index (χ0n) is 19.9. The van der Waals surface area contributed by atoms with Crippen LogP contribution in [0.3, 0.4) is 0 Å². The molecule has 0 aromatic heterocycles. The number of nitrogens with two attached hydrogens (primary N) is 1. The summed E-state index contributed by atoms with van der Waals surface area (Å²) in [4.78, 5) is 16.7. The highest BCUT2D eigenvalue weighted by molar-refractivity contribution is 7.80. The summed E-state index contributed by atoms with van der Waals surface area (Å²) in [5.41, 5.74) is 9.83. The molecule has 3 aromatic carbocycles. The monoisotopic (exact) mass is 488 g/mol. The normalized spacial score (nSPS) is 13.2. The smallest absolute Gasteiger partial charge is 0.324 e. The Labute approximate surface area is 212 Å². The minimum absolute atomic E-state index is 0.0965. The number of ether oxygens (including phenoxy) is 1. The van der Waals surface area contributed by atoms with Crippen molar-refractivity contribution in [3.05, 3.63) is 90.0 Å². The second kappa shape index (κ2) is 12.2. The first-order chi connectivity index (χ1) is 17.1. The maximum absolute atomic E-state index is 12.9. The highest BCUT2D eigenvalue weighted by Gasteiger charge is 2.28. The highest BCUT2D eigenvalue weighted by atomic mass is 32.1. The third kappa shape index (κ3) is 7.20. The van der Waals surface area contributed by atoms with E-state index in [4.69, 9.17) is 22.7 Å². The van der Waals surface area contributed by atoms with E-state index in [9.17, 15) is 4.79 Å². The van der Waals surface area contributed by atoms with Crippen LogP contribution in [0.25, 0.3) is 0 Å². The van der Waals surface area contributed by atoms with Gasteiger partial charge in [-0.2, -0.15) is 0 Å². The number of nitrogens with zero attached hydrogens (tertiary/aromatic N) is 2. The first-order valence-corrected chi connectivity index (χ1v) is 12.5. The molecule has 0 atom stereocenters. The Balaban J connectivity index is 1.16. The number of anilines is 2. The summed E-state index contributed by atoms with van der Waals surface area (Å²) in [5, 5.41) is 3.14. The summed E-state index contributed by atoms with van der Waals surface area (Å²) in [6.07, 6.45) is 3.79. The number of unbranched alkanes of at least 4 members (excludes halogenated alkanes) is 2. The molecule has 0 unspecified atom stereocenters. The average molecular weight is 489 g/mol. The van der Waals surface area contributed by atoms with Crippen molar-refractivity contribution in [2.24, 2.45) is 5.73 Å². The molecular weight excluding hydrogens is 456 g/mol. The number of thiocarbonyl (C=S) groups is 1. The van der Waals surface area contributed by atoms with E-state index in [0.717, 1.165) is 62.4 Å². The molecule has 0 saturated carbocycles. The zero-order chi connectivity index (χ0) is 24.5. The number of rotatable bonds is 11. The van der Waals surface area contributed by atoms with Crippen LogP contribution in [0.1, 0.15) is 30.4 Å². The van der Waals surface area contributed by atoms with Crippen molar-refractivity contribution >= 4 is 34.7 Å². The Morgan fingerprint density at radius 1 is 0.914 bits per heavy atom. The molecule has 1 aliphatic heterocycles. The van der Waals surface area contributed by atoms with E-state index in [1.54, 1.807) is 0 Å². The topological polar surface area (TPSA) is 70.8 Å². The lowest BCUT2D eigenvalue weighted by Crippen LogP contribution is -2.32. The fourth-order valence-corrected chi connectivity index (χ4v) is 4.35. The van der Waals surface area contributed by atoms with E-state index in [1.165, 1.54) is 11.1 Å². The summed E-state index contributed by atoms with van der Waals surface area (Å²) in [6.45, 7) is 2.90. The van der Waals surface area contributed by atoms with Crippen molar-refractivity contribution in [3.8, 4) is 5.75 Å². The summed E-state index contributed by atoms with van der Waals surface area (Å²) in [6, 6.07) is 26.5. The molecule has 35 heavy (non-hydrogen) atoms. The van der Waals surface area contributed by atoms with Crippen molar-refractivity contribution in [2.45, 2.75) is 25.7 Å². The van der Waals surface area contributed by atoms with E-state index in [-0.39, 0.29) is 11.1 Å². The molecular formula is C28H32N4O2S. The molecule has 1 aliphatic rings. The van der Waals surface area contributed by atoms with E-state index < -0.39 is 0 Å². The van der Waals surface area contributed by atoms with E-state index in [0.29, 0.717) is 6.61 Å². The SMILES string of the molecule is NC(=S)Nc1cccc(OCCCCCN2CCN(c3ccc(Cc4ccccc4)cc3)C2=O)c1. The van der Waals surface area contributed by atoms with Gasteiger partial charge in [0.25, 0.3) is 0 Å². The molecule has 1 heterocycles. The number of amides is 2. The largest absolute Gasteiger partial charge is 0.494 e. The summed E-state index contributed by atoms with van der Waals surface area (Å²) >= 11 is 4.87. The fraction of sp³-hybridized carbons (Fsp3) is 0.286. The molecule has 1 fully saturated rings. The first kappa shape index (κ1) is 24.5. The molecule has 0 bridgehead atoms. The predicted molar refractivity (Wildman–Crippen MR) is 146 cm³/mol. The number of urea groups is 1. The lowest BCUT2D eigenvalue weighted by Gasteiger charge is -2.19. The summed E-state index contributed by atoms with van der Waals surface area (Å²) in [5.74, 6) is 0.784. The summed E-state index contributed by atoms with van der Waals surface area (Å²) < 4.78 is 5.83. The molecule has 2 amide bonds. The Hall–Kier alpha value is -3.58. The minimum atomic E-state index is 0.0965. The zero-order valence-corrected chi connectivity index (χ0v) is 20.7. The molecule has 7 heteroatoms. The van der Waals surface area contributed by atoms with Gasteiger partial charge < -0.3 is 20.7 Å². The van der Waals surface area contributed by atoms with Gasteiger partial charge >= 0.3 is 6.03 Å². The van der Waals surface area contributed by atoms with Gasteiger partial charge in [0.05, 0.1) is 6.61 Å².